The fourth-order valence-corrected chi connectivity index (χ4v) is 4.86. The number of rotatable bonds is 6. The molecule has 5 rings (SSSR count). The van der Waals surface area contributed by atoms with E-state index in [1.54, 1.807) is 35.7 Å². The third-order valence-corrected chi connectivity index (χ3v) is 6.66. The van der Waals surface area contributed by atoms with Crippen LogP contribution in [0.4, 0.5) is 9.52 Å². The van der Waals surface area contributed by atoms with Gasteiger partial charge in [0.15, 0.2) is 5.13 Å². The quantitative estimate of drug-likeness (QED) is 0.206. The van der Waals surface area contributed by atoms with Crippen molar-refractivity contribution in [3.63, 3.8) is 0 Å². The number of Topliss-reactive ketones (excluding diaryl/α,β-unsaturated/α-hetero) is 1. The van der Waals surface area contributed by atoms with E-state index in [0.29, 0.717) is 17.9 Å². The lowest BCUT2D eigenvalue weighted by Crippen LogP contribution is -2.29. The first-order chi connectivity index (χ1) is 17.4. The molecule has 1 aliphatic heterocycles. The average molecular weight is 501 g/mol. The summed E-state index contributed by atoms with van der Waals surface area (Å²) in [6.45, 7) is 2.38. The number of aliphatic hydroxyl groups is 1. The van der Waals surface area contributed by atoms with Gasteiger partial charge in [0.2, 0.25) is 0 Å². The van der Waals surface area contributed by atoms with Crippen molar-refractivity contribution in [2.24, 2.45) is 0 Å². The largest absolute Gasteiger partial charge is 0.507 e. The van der Waals surface area contributed by atoms with Gasteiger partial charge in [-0.05, 0) is 42.8 Å². The molecule has 0 saturated carbocycles. The van der Waals surface area contributed by atoms with Crippen LogP contribution in [0.5, 0.6) is 5.75 Å². The average Bonchev–Trinajstić information content (AvgIpc) is 3.50. The number of amides is 1. The lowest BCUT2D eigenvalue weighted by Gasteiger charge is -2.23. The van der Waals surface area contributed by atoms with Crippen molar-refractivity contribution < 1.29 is 23.8 Å². The van der Waals surface area contributed by atoms with Crippen molar-refractivity contribution in [3.8, 4) is 5.75 Å². The van der Waals surface area contributed by atoms with Crippen molar-refractivity contribution in [2.75, 3.05) is 4.90 Å². The van der Waals surface area contributed by atoms with Crippen molar-refractivity contribution in [2.45, 2.75) is 19.6 Å². The lowest BCUT2D eigenvalue weighted by molar-refractivity contribution is -0.132. The zero-order chi connectivity index (χ0) is 25.2. The molecule has 1 atom stereocenters. The number of ketones is 1. The minimum absolute atomic E-state index is 0.0894. The molecule has 180 valence electrons. The molecular formula is C28H21FN2O4S. The Morgan fingerprint density at radius 2 is 1.86 bits per heavy atom. The van der Waals surface area contributed by atoms with Crippen LogP contribution in [0, 0.1) is 12.7 Å². The van der Waals surface area contributed by atoms with Crippen LogP contribution in [-0.2, 0) is 16.2 Å². The molecule has 1 fully saturated rings. The predicted octanol–water partition coefficient (Wildman–Crippen LogP) is 5.80. The van der Waals surface area contributed by atoms with Gasteiger partial charge in [0.1, 0.15) is 30.0 Å². The second-order valence-electron chi connectivity index (χ2n) is 8.31. The summed E-state index contributed by atoms with van der Waals surface area (Å²) in [5.74, 6) is -2.21. The van der Waals surface area contributed by atoms with Crippen LogP contribution in [-0.4, -0.2) is 21.8 Å². The second-order valence-corrected chi connectivity index (χ2v) is 9.18. The monoisotopic (exact) mass is 500 g/mol. The highest BCUT2D eigenvalue weighted by molar-refractivity contribution is 7.14. The summed E-state index contributed by atoms with van der Waals surface area (Å²) in [7, 11) is 0. The van der Waals surface area contributed by atoms with Crippen molar-refractivity contribution >= 4 is 33.9 Å². The molecule has 1 saturated heterocycles. The Hall–Kier alpha value is -4.30. The van der Waals surface area contributed by atoms with E-state index in [1.165, 1.54) is 24.4 Å². The Labute approximate surface area is 210 Å². The molecule has 1 amide bonds. The molecule has 1 N–H and O–H groups in total. The molecule has 3 aromatic carbocycles. The Balaban J connectivity index is 1.50. The molecule has 0 spiro atoms. The van der Waals surface area contributed by atoms with Crippen LogP contribution >= 0.6 is 11.3 Å². The number of carbonyl (C=O) groups is 2. The van der Waals surface area contributed by atoms with E-state index in [0.717, 1.165) is 27.4 Å². The van der Waals surface area contributed by atoms with Gasteiger partial charge < -0.3 is 9.84 Å². The highest BCUT2D eigenvalue weighted by Gasteiger charge is 2.48. The van der Waals surface area contributed by atoms with E-state index in [2.05, 4.69) is 4.98 Å². The number of hydrogen-bond donors (Lipinski definition) is 1. The summed E-state index contributed by atoms with van der Waals surface area (Å²) in [6, 6.07) is 19.2. The number of anilines is 1. The van der Waals surface area contributed by atoms with Gasteiger partial charge in [-0.15, -0.1) is 11.3 Å². The minimum atomic E-state index is -1.16. The number of hydrogen-bond acceptors (Lipinski definition) is 6. The van der Waals surface area contributed by atoms with Crippen LogP contribution in [0.2, 0.25) is 0 Å². The van der Waals surface area contributed by atoms with Crippen LogP contribution < -0.4 is 9.64 Å². The number of benzene rings is 3. The maximum Gasteiger partial charge on any atom is 0.301 e. The zero-order valence-corrected chi connectivity index (χ0v) is 20.0. The SMILES string of the molecule is Cc1cccc(COc2ccc(/C(O)=C3\C(=O)C(=O)N(c4nccs4)C3c3ccccc3F)cc2)c1. The molecule has 1 unspecified atom stereocenters. The Morgan fingerprint density at radius 1 is 1.08 bits per heavy atom. The van der Waals surface area contributed by atoms with Gasteiger partial charge in [0.25, 0.3) is 5.78 Å². The highest BCUT2D eigenvalue weighted by Crippen LogP contribution is 2.43. The third kappa shape index (κ3) is 4.38. The Kier molecular flexibility index (Phi) is 6.35. The van der Waals surface area contributed by atoms with Gasteiger partial charge in [0.05, 0.1) is 5.57 Å². The first-order valence-corrected chi connectivity index (χ1v) is 12.1. The first kappa shape index (κ1) is 23.4. The van der Waals surface area contributed by atoms with Crippen LogP contribution in [0.25, 0.3) is 5.76 Å². The zero-order valence-electron chi connectivity index (χ0n) is 19.2. The standard InChI is InChI=1S/C28H21FN2O4S/c1-17-5-4-6-18(15-17)16-35-20-11-9-19(10-12-20)25(32)23-24(21-7-2-3-8-22(21)29)31(27(34)26(23)33)28-30-13-14-36-28/h2-15,24,32H,16H2,1H3/b25-23+. The number of aromatic nitrogens is 1. The number of halogens is 1. The third-order valence-electron chi connectivity index (χ3n) is 5.89. The van der Waals surface area contributed by atoms with Gasteiger partial charge in [-0.3, -0.25) is 14.5 Å². The molecule has 2 heterocycles. The number of carbonyl (C=O) groups excluding carboxylic acids is 2. The molecule has 1 aliphatic rings. The predicted molar refractivity (Wildman–Crippen MR) is 135 cm³/mol. The van der Waals surface area contributed by atoms with Gasteiger partial charge in [0, 0.05) is 22.7 Å². The summed E-state index contributed by atoms with van der Waals surface area (Å²) in [6.07, 6.45) is 1.49. The second kappa shape index (κ2) is 9.75. The maximum absolute atomic E-state index is 14.9. The Bertz CT molecular complexity index is 1470. The van der Waals surface area contributed by atoms with Gasteiger partial charge in [-0.25, -0.2) is 9.37 Å². The van der Waals surface area contributed by atoms with Gasteiger partial charge >= 0.3 is 5.91 Å². The number of aliphatic hydroxyl groups excluding tert-OH is 1. The molecule has 0 aliphatic carbocycles. The number of ether oxygens (including phenoxy) is 1. The molecule has 0 bridgehead atoms. The van der Waals surface area contributed by atoms with E-state index in [4.69, 9.17) is 4.74 Å². The molecule has 8 heteroatoms. The molecule has 6 nitrogen and oxygen atoms in total. The summed E-state index contributed by atoms with van der Waals surface area (Å²) >= 11 is 1.14. The van der Waals surface area contributed by atoms with Crippen molar-refractivity contribution in [3.05, 3.63) is 118 Å². The van der Waals surface area contributed by atoms with Crippen molar-refractivity contribution in [1.82, 2.24) is 4.98 Å². The number of nitrogens with zero attached hydrogens (tertiary/aromatic N) is 2. The van der Waals surface area contributed by atoms with Gasteiger partial charge in [-0.1, -0.05) is 48.0 Å². The molecule has 1 aromatic heterocycles. The molecular weight excluding hydrogens is 479 g/mol. The van der Waals surface area contributed by atoms with E-state index < -0.39 is 29.3 Å². The van der Waals surface area contributed by atoms with Gasteiger partial charge in [-0.2, -0.15) is 0 Å². The Morgan fingerprint density at radius 3 is 2.56 bits per heavy atom. The first-order valence-electron chi connectivity index (χ1n) is 11.2. The normalized spacial score (nSPS) is 16.9. The smallest absolute Gasteiger partial charge is 0.301 e. The highest BCUT2D eigenvalue weighted by atomic mass is 32.1. The molecule has 4 aromatic rings. The van der Waals surface area contributed by atoms with Crippen molar-refractivity contribution in [1.29, 1.82) is 0 Å². The number of aryl methyl sites for hydroxylation is 1. The van der Waals surface area contributed by atoms with E-state index in [9.17, 15) is 19.1 Å². The minimum Gasteiger partial charge on any atom is -0.507 e. The molecule has 0 radical (unpaired) electrons. The van der Waals surface area contributed by atoms with E-state index >= 15 is 0 Å². The van der Waals surface area contributed by atoms with E-state index in [-0.39, 0.29) is 16.3 Å². The summed E-state index contributed by atoms with van der Waals surface area (Å²) in [4.78, 5) is 31.4. The number of thiazole rings is 1. The fraction of sp³-hybridized carbons (Fsp3) is 0.107. The summed E-state index contributed by atoms with van der Waals surface area (Å²) in [5, 5.41) is 13.1. The molecule has 36 heavy (non-hydrogen) atoms. The van der Waals surface area contributed by atoms with Crippen LogP contribution in [0.15, 0.2) is 89.9 Å². The van der Waals surface area contributed by atoms with Crippen LogP contribution in [0.1, 0.15) is 28.3 Å². The summed E-state index contributed by atoms with van der Waals surface area (Å²) in [5.41, 5.74) is 2.35. The summed E-state index contributed by atoms with van der Waals surface area (Å²) < 4.78 is 20.7. The van der Waals surface area contributed by atoms with E-state index in [1.807, 2.05) is 31.2 Å². The fourth-order valence-electron chi connectivity index (χ4n) is 4.19. The topological polar surface area (TPSA) is 79.7 Å². The van der Waals surface area contributed by atoms with Crippen LogP contribution in [0.3, 0.4) is 0 Å². The maximum atomic E-state index is 14.9. The lowest BCUT2D eigenvalue weighted by atomic mass is 9.95.